The van der Waals surface area contributed by atoms with Crippen molar-refractivity contribution in [2.75, 3.05) is 23.9 Å². The summed E-state index contributed by atoms with van der Waals surface area (Å²) in [6, 6.07) is 86.8. The van der Waals surface area contributed by atoms with Gasteiger partial charge in [0.1, 0.15) is 0 Å². The Morgan fingerprint density at radius 3 is 0.946 bits per heavy atom. The van der Waals surface area contributed by atoms with Crippen molar-refractivity contribution < 1.29 is 0 Å². The van der Waals surface area contributed by atoms with Crippen LogP contribution in [0.5, 0.6) is 0 Å². The second kappa shape index (κ2) is 16.4. The van der Waals surface area contributed by atoms with E-state index < -0.39 is 0 Å². The molecule has 14 rings (SSSR count). The molecule has 0 radical (unpaired) electrons. The molecule has 0 saturated heterocycles. The van der Waals surface area contributed by atoms with Gasteiger partial charge >= 0.3 is 0 Å². The van der Waals surface area contributed by atoms with Crippen LogP contribution in [0.4, 0.5) is 22.7 Å². The van der Waals surface area contributed by atoms with Gasteiger partial charge in [-0.25, -0.2) is 0 Å². The van der Waals surface area contributed by atoms with E-state index in [4.69, 9.17) is 0 Å². The molecule has 2 heterocycles. The van der Waals surface area contributed by atoms with Crippen LogP contribution in [0.25, 0.3) is 98.7 Å². The zero-order valence-electron chi connectivity index (χ0n) is 42.8. The van der Waals surface area contributed by atoms with Gasteiger partial charge in [-0.15, -0.1) is 0 Å². The molecule has 0 atom stereocenters. The van der Waals surface area contributed by atoms with Crippen LogP contribution in [0.15, 0.2) is 231 Å². The van der Waals surface area contributed by atoms with Crippen molar-refractivity contribution >= 4 is 65.8 Å². The lowest BCUT2D eigenvalue weighted by molar-refractivity contribution is 0.631. The Morgan fingerprint density at radius 2 is 0.554 bits per heavy atom. The van der Waals surface area contributed by atoms with Gasteiger partial charge in [-0.1, -0.05) is 222 Å². The lowest BCUT2D eigenvalue weighted by Gasteiger charge is -2.42. The van der Waals surface area contributed by atoms with Crippen LogP contribution in [0.3, 0.4) is 0 Å². The number of anilines is 4. The van der Waals surface area contributed by atoms with Crippen molar-refractivity contribution in [3.63, 3.8) is 0 Å². The van der Waals surface area contributed by atoms with E-state index in [1.165, 1.54) is 144 Å². The molecule has 2 aliphatic heterocycles. The van der Waals surface area contributed by atoms with Crippen LogP contribution < -0.4 is 9.80 Å². The molecular formula is C72H56N2. The normalized spacial score (nSPS) is 14.2. The van der Waals surface area contributed by atoms with Crippen molar-refractivity contribution in [1.29, 1.82) is 0 Å². The highest BCUT2D eigenvalue weighted by Crippen LogP contribution is 2.56. The molecule has 0 saturated carbocycles. The number of fused-ring (bicyclic) bond motifs is 8. The number of hydrogen-bond acceptors (Lipinski definition) is 2. The predicted octanol–water partition coefficient (Wildman–Crippen LogP) is 19.4. The van der Waals surface area contributed by atoms with Crippen LogP contribution in [0.2, 0.25) is 0 Å². The van der Waals surface area contributed by atoms with Crippen molar-refractivity contribution in [2.45, 2.75) is 38.5 Å². The monoisotopic (exact) mass is 948 g/mol. The minimum absolute atomic E-state index is 0.271. The zero-order valence-corrected chi connectivity index (χ0v) is 42.8. The molecule has 12 aromatic carbocycles. The van der Waals surface area contributed by atoms with Crippen LogP contribution in [-0.2, 0) is 10.8 Å². The molecule has 0 fully saturated rings. The highest BCUT2D eigenvalue weighted by atomic mass is 15.1. The lowest BCUT2D eigenvalue weighted by atomic mass is 9.70. The summed E-state index contributed by atoms with van der Waals surface area (Å²) >= 11 is 0. The molecule has 74 heavy (non-hydrogen) atoms. The fourth-order valence-electron chi connectivity index (χ4n) is 13.6. The smallest absolute Gasteiger partial charge is 0.0455 e. The summed E-state index contributed by atoms with van der Waals surface area (Å²) in [7, 11) is 4.46. The minimum Gasteiger partial charge on any atom is -0.344 e. The topological polar surface area (TPSA) is 6.48 Å². The molecule has 0 aromatic heterocycles. The molecule has 0 unspecified atom stereocenters. The first-order valence-electron chi connectivity index (χ1n) is 26.1. The van der Waals surface area contributed by atoms with Gasteiger partial charge in [0.2, 0.25) is 0 Å². The summed E-state index contributed by atoms with van der Waals surface area (Å²) < 4.78 is 0. The molecule has 12 aromatic rings. The molecule has 0 spiro atoms. The lowest BCUT2D eigenvalue weighted by Crippen LogP contribution is -2.31. The largest absolute Gasteiger partial charge is 0.344 e. The fraction of sp³-hybridized carbons (Fsp3) is 0.111. The molecule has 2 heteroatoms. The van der Waals surface area contributed by atoms with E-state index in [-0.39, 0.29) is 10.8 Å². The molecule has 0 N–H and O–H groups in total. The van der Waals surface area contributed by atoms with Gasteiger partial charge in [-0.2, -0.15) is 0 Å². The van der Waals surface area contributed by atoms with E-state index >= 15 is 0 Å². The van der Waals surface area contributed by atoms with Crippen LogP contribution >= 0.6 is 0 Å². The van der Waals surface area contributed by atoms with Gasteiger partial charge in [0.25, 0.3) is 0 Å². The van der Waals surface area contributed by atoms with Gasteiger partial charge in [-0.3, -0.25) is 0 Å². The molecule has 2 aliphatic rings. The van der Waals surface area contributed by atoms with E-state index in [0.29, 0.717) is 0 Å². The van der Waals surface area contributed by atoms with Gasteiger partial charge < -0.3 is 9.80 Å². The number of nitrogens with zero attached hydrogens (tertiary/aromatic N) is 2. The first-order valence-corrected chi connectivity index (χ1v) is 26.1. The number of benzene rings is 12. The maximum Gasteiger partial charge on any atom is 0.0455 e. The molecule has 354 valence electrons. The van der Waals surface area contributed by atoms with Crippen molar-refractivity contribution in [3.8, 4) is 55.6 Å². The average Bonchev–Trinajstić information content (AvgIpc) is 3.44. The minimum atomic E-state index is -0.271. The first kappa shape index (κ1) is 44.0. The van der Waals surface area contributed by atoms with Crippen LogP contribution in [0, 0.1) is 0 Å². The number of rotatable bonds is 5. The highest BCUT2D eigenvalue weighted by Gasteiger charge is 2.39. The molecule has 2 nitrogen and oxygen atoms in total. The average molecular weight is 949 g/mol. The first-order chi connectivity index (χ1) is 36.1. The molecular weight excluding hydrogens is 893 g/mol. The second-order valence-electron chi connectivity index (χ2n) is 21.6. The van der Waals surface area contributed by atoms with Crippen molar-refractivity contribution in [3.05, 3.63) is 253 Å². The van der Waals surface area contributed by atoms with E-state index in [0.717, 1.165) is 0 Å². The van der Waals surface area contributed by atoms with Crippen LogP contribution in [0.1, 0.15) is 49.9 Å². The zero-order chi connectivity index (χ0) is 50.0. The molecule has 0 bridgehead atoms. The van der Waals surface area contributed by atoms with Gasteiger partial charge in [-0.05, 0) is 157 Å². The third-order valence-electron chi connectivity index (χ3n) is 17.0. The van der Waals surface area contributed by atoms with Crippen LogP contribution in [-0.4, -0.2) is 14.1 Å². The summed E-state index contributed by atoms with van der Waals surface area (Å²) in [4.78, 5) is 4.80. The summed E-state index contributed by atoms with van der Waals surface area (Å²) in [5.74, 6) is 0. The Balaban J connectivity index is 1.16. The highest BCUT2D eigenvalue weighted by molar-refractivity contribution is 6.28. The SMILES string of the molecule is CN1c2ccccc2C(C)(C)c2c(-c3cccc4c(-c5c6cccc(-c7ccccc7)c6cc6c(-c7ccccc7)cccc56)c5cccc(-c6cccc7c6C(C)(C)c6ccccc6N7C)c5cc34)cccc21. The maximum atomic E-state index is 2.55. The number of para-hydroxylation sites is 2. The van der Waals surface area contributed by atoms with Gasteiger partial charge in [0.15, 0.2) is 0 Å². The summed E-state index contributed by atoms with van der Waals surface area (Å²) in [6.45, 7) is 9.66. The Kier molecular flexibility index (Phi) is 9.76. The van der Waals surface area contributed by atoms with Crippen molar-refractivity contribution in [1.82, 2.24) is 0 Å². The third kappa shape index (κ3) is 6.31. The standard InChI is InChI=1S/C72H56N2/c1-71(2)61-37-13-15-39-63(61)73(5)65-41-21-35-55(69(65)71)49-29-19-33-53-59(49)44-60-50(56-36-22-42-66-70(56)72(3,4)62-38-14-16-40-64(62)74(66)6)30-20-34-54(60)68(53)67-51-31-17-27-47(45-23-9-7-10-24-45)57(51)43-58-48(28-18-32-52(58)67)46-25-11-8-12-26-46/h7-44H,1-6H3. The van der Waals surface area contributed by atoms with E-state index in [2.05, 4.69) is 282 Å². The Morgan fingerprint density at radius 1 is 0.257 bits per heavy atom. The summed E-state index contributed by atoms with van der Waals surface area (Å²) in [6.07, 6.45) is 0. The maximum absolute atomic E-state index is 2.55. The Bertz CT molecular complexity index is 4010. The van der Waals surface area contributed by atoms with Gasteiger partial charge in [0.05, 0.1) is 0 Å². The van der Waals surface area contributed by atoms with E-state index in [9.17, 15) is 0 Å². The Labute approximate surface area is 434 Å². The molecule has 0 aliphatic carbocycles. The third-order valence-corrected chi connectivity index (χ3v) is 17.0. The second-order valence-corrected chi connectivity index (χ2v) is 21.6. The molecule has 0 amide bonds. The Hall–Kier alpha value is -8.72. The number of hydrogen-bond donors (Lipinski definition) is 0. The quantitative estimate of drug-likeness (QED) is 0.159. The van der Waals surface area contributed by atoms with E-state index in [1.54, 1.807) is 0 Å². The van der Waals surface area contributed by atoms with Crippen molar-refractivity contribution in [2.24, 2.45) is 0 Å². The summed E-state index contributed by atoms with van der Waals surface area (Å²) in [5.41, 5.74) is 22.2. The van der Waals surface area contributed by atoms with Gasteiger partial charge in [0, 0.05) is 47.7 Å². The van der Waals surface area contributed by atoms with E-state index in [1.807, 2.05) is 0 Å². The summed E-state index contributed by atoms with van der Waals surface area (Å²) in [5, 5.41) is 9.90. The fourth-order valence-corrected chi connectivity index (χ4v) is 13.6. The predicted molar refractivity (Wildman–Crippen MR) is 317 cm³/mol.